The van der Waals surface area contributed by atoms with Crippen LogP contribution < -0.4 is 10.9 Å². The maximum atomic E-state index is 10.8. The summed E-state index contributed by atoms with van der Waals surface area (Å²) < 4.78 is 0. The van der Waals surface area contributed by atoms with Gasteiger partial charge in [0, 0.05) is 13.0 Å². The van der Waals surface area contributed by atoms with Gasteiger partial charge in [-0.3, -0.25) is 19.9 Å². The molecular formula is C6H6ClN3O2. The zero-order chi connectivity index (χ0) is 9.14. The minimum absolute atomic E-state index is 0.0440. The minimum Gasteiger partial charge on any atom is -0.296 e. The third kappa shape index (κ3) is 2.35. The largest absolute Gasteiger partial charge is 0.296 e. The van der Waals surface area contributed by atoms with E-state index in [1.54, 1.807) is 0 Å². The molecule has 0 radical (unpaired) electrons. The van der Waals surface area contributed by atoms with Gasteiger partial charge in [0.15, 0.2) is 0 Å². The van der Waals surface area contributed by atoms with Gasteiger partial charge in [-0.05, 0) is 0 Å². The van der Waals surface area contributed by atoms with Gasteiger partial charge in [0.25, 0.3) is 5.56 Å². The lowest BCUT2D eigenvalue weighted by molar-refractivity contribution is -0.114. The summed E-state index contributed by atoms with van der Waals surface area (Å²) in [5, 5.41) is 2.34. The zero-order valence-electron chi connectivity index (χ0n) is 6.22. The third-order valence-electron chi connectivity index (χ3n) is 1.00. The van der Waals surface area contributed by atoms with E-state index in [1.807, 2.05) is 0 Å². The Bertz CT molecular complexity index is 360. The van der Waals surface area contributed by atoms with Crippen molar-refractivity contribution in [3.8, 4) is 0 Å². The number of aromatic nitrogens is 2. The molecule has 0 atom stereocenters. The highest BCUT2D eigenvalue weighted by molar-refractivity contribution is 6.29. The number of halogens is 1. The number of nitrogens with zero attached hydrogens (tertiary/aromatic N) is 1. The SMILES string of the molecule is CC(=O)Nc1nc(Cl)cc(=O)[nH]1. The predicted octanol–water partition coefficient (Wildman–Crippen LogP) is 0.382. The summed E-state index contributed by atoms with van der Waals surface area (Å²) in [4.78, 5) is 27.2. The number of hydrogen-bond donors (Lipinski definition) is 2. The van der Waals surface area contributed by atoms with Crippen molar-refractivity contribution in [3.63, 3.8) is 0 Å². The van der Waals surface area contributed by atoms with Crippen LogP contribution in [0.3, 0.4) is 0 Å². The van der Waals surface area contributed by atoms with Gasteiger partial charge in [0.1, 0.15) is 5.15 Å². The van der Waals surface area contributed by atoms with E-state index in [4.69, 9.17) is 11.6 Å². The first-order valence-corrected chi connectivity index (χ1v) is 3.50. The molecule has 0 aliphatic carbocycles. The van der Waals surface area contributed by atoms with Crippen LogP contribution >= 0.6 is 11.6 Å². The second-order valence-corrected chi connectivity index (χ2v) is 2.49. The van der Waals surface area contributed by atoms with Crippen molar-refractivity contribution in [2.24, 2.45) is 0 Å². The average Bonchev–Trinajstić information content (AvgIpc) is 1.81. The second-order valence-electron chi connectivity index (χ2n) is 2.10. The smallest absolute Gasteiger partial charge is 0.253 e. The molecule has 0 unspecified atom stereocenters. The summed E-state index contributed by atoms with van der Waals surface area (Å²) in [5.74, 6) is -0.264. The van der Waals surface area contributed by atoms with E-state index < -0.39 is 5.56 Å². The molecule has 0 aliphatic rings. The molecule has 1 aromatic rings. The van der Waals surface area contributed by atoms with E-state index in [-0.39, 0.29) is 17.0 Å². The average molecular weight is 188 g/mol. The quantitative estimate of drug-likeness (QED) is 0.625. The van der Waals surface area contributed by atoms with Crippen LogP contribution in [-0.2, 0) is 4.79 Å². The normalized spacial score (nSPS) is 9.50. The van der Waals surface area contributed by atoms with E-state index in [9.17, 15) is 9.59 Å². The van der Waals surface area contributed by atoms with E-state index in [0.717, 1.165) is 6.07 Å². The van der Waals surface area contributed by atoms with Crippen molar-refractivity contribution < 1.29 is 4.79 Å². The van der Waals surface area contributed by atoms with E-state index in [2.05, 4.69) is 15.3 Å². The number of aromatic amines is 1. The van der Waals surface area contributed by atoms with Crippen molar-refractivity contribution >= 4 is 23.5 Å². The molecule has 1 heterocycles. The number of amides is 1. The summed E-state index contributed by atoms with van der Waals surface area (Å²) in [7, 11) is 0. The van der Waals surface area contributed by atoms with Crippen LogP contribution in [0.1, 0.15) is 6.92 Å². The Morgan fingerprint density at radius 2 is 2.42 bits per heavy atom. The minimum atomic E-state index is -0.404. The molecule has 0 saturated carbocycles. The number of hydrogen-bond acceptors (Lipinski definition) is 3. The summed E-state index contributed by atoms with van der Waals surface area (Å²) >= 11 is 5.45. The molecule has 64 valence electrons. The van der Waals surface area contributed by atoms with Gasteiger partial charge in [-0.2, -0.15) is 0 Å². The fourth-order valence-corrected chi connectivity index (χ4v) is 0.838. The number of nitrogens with one attached hydrogen (secondary N) is 2. The Balaban J connectivity index is 3.01. The molecule has 5 nitrogen and oxygen atoms in total. The molecule has 1 rings (SSSR count). The fraction of sp³-hybridized carbons (Fsp3) is 0.167. The van der Waals surface area contributed by atoms with Crippen LogP contribution in [-0.4, -0.2) is 15.9 Å². The Morgan fingerprint density at radius 1 is 1.75 bits per heavy atom. The molecule has 0 spiro atoms. The monoisotopic (exact) mass is 187 g/mol. The van der Waals surface area contributed by atoms with E-state index in [1.165, 1.54) is 6.92 Å². The highest BCUT2D eigenvalue weighted by Crippen LogP contribution is 2.01. The molecular weight excluding hydrogens is 182 g/mol. The fourth-order valence-electron chi connectivity index (χ4n) is 0.654. The third-order valence-corrected chi connectivity index (χ3v) is 1.20. The predicted molar refractivity (Wildman–Crippen MR) is 44.2 cm³/mol. The van der Waals surface area contributed by atoms with E-state index >= 15 is 0 Å². The summed E-state index contributed by atoms with van der Waals surface area (Å²) in [6.07, 6.45) is 0. The maximum absolute atomic E-state index is 10.8. The lowest BCUT2D eigenvalue weighted by atomic mass is 10.6. The molecule has 0 saturated heterocycles. The number of anilines is 1. The Morgan fingerprint density at radius 3 is 2.92 bits per heavy atom. The summed E-state index contributed by atoms with van der Waals surface area (Å²) in [5.41, 5.74) is -0.404. The molecule has 0 bridgehead atoms. The zero-order valence-corrected chi connectivity index (χ0v) is 6.97. The molecule has 0 fully saturated rings. The highest BCUT2D eigenvalue weighted by atomic mass is 35.5. The van der Waals surface area contributed by atoms with Gasteiger partial charge in [0.05, 0.1) is 0 Å². The van der Waals surface area contributed by atoms with Crippen LogP contribution in [0.15, 0.2) is 10.9 Å². The van der Waals surface area contributed by atoms with Crippen LogP contribution in [0.5, 0.6) is 0 Å². The molecule has 1 aromatic heterocycles. The van der Waals surface area contributed by atoms with Crippen molar-refractivity contribution in [2.45, 2.75) is 6.92 Å². The number of rotatable bonds is 1. The van der Waals surface area contributed by atoms with Gasteiger partial charge in [-0.1, -0.05) is 11.6 Å². The van der Waals surface area contributed by atoms with Gasteiger partial charge >= 0.3 is 0 Å². The molecule has 12 heavy (non-hydrogen) atoms. The van der Waals surface area contributed by atoms with Gasteiger partial charge in [-0.15, -0.1) is 0 Å². The van der Waals surface area contributed by atoms with Crippen LogP contribution in [0.25, 0.3) is 0 Å². The first-order chi connectivity index (χ1) is 5.58. The van der Waals surface area contributed by atoms with Gasteiger partial charge in [0.2, 0.25) is 11.9 Å². The van der Waals surface area contributed by atoms with Crippen molar-refractivity contribution in [1.82, 2.24) is 9.97 Å². The lowest BCUT2D eigenvalue weighted by Crippen LogP contribution is -2.14. The molecule has 0 aliphatic heterocycles. The Labute approximate surface area is 72.8 Å². The number of carbonyl (C=O) groups is 1. The number of H-pyrrole nitrogens is 1. The van der Waals surface area contributed by atoms with Gasteiger partial charge < -0.3 is 0 Å². The Hall–Kier alpha value is -1.36. The second kappa shape index (κ2) is 3.36. The number of carbonyl (C=O) groups excluding carboxylic acids is 1. The van der Waals surface area contributed by atoms with Crippen LogP contribution in [0.2, 0.25) is 5.15 Å². The summed E-state index contributed by atoms with van der Waals surface area (Å²) in [6, 6.07) is 1.12. The first-order valence-electron chi connectivity index (χ1n) is 3.12. The van der Waals surface area contributed by atoms with Crippen LogP contribution in [0.4, 0.5) is 5.95 Å². The maximum Gasteiger partial charge on any atom is 0.253 e. The first kappa shape index (κ1) is 8.73. The van der Waals surface area contributed by atoms with Crippen molar-refractivity contribution in [3.05, 3.63) is 21.6 Å². The van der Waals surface area contributed by atoms with Crippen molar-refractivity contribution in [1.29, 1.82) is 0 Å². The van der Waals surface area contributed by atoms with Crippen molar-refractivity contribution in [2.75, 3.05) is 5.32 Å². The van der Waals surface area contributed by atoms with E-state index in [0.29, 0.717) is 0 Å². The molecule has 2 N–H and O–H groups in total. The highest BCUT2D eigenvalue weighted by Gasteiger charge is 1.99. The molecule has 6 heteroatoms. The lowest BCUT2D eigenvalue weighted by Gasteiger charge is -1.98. The Kier molecular flexibility index (Phi) is 2.44. The molecule has 0 aromatic carbocycles. The van der Waals surface area contributed by atoms with Crippen LogP contribution in [0, 0.1) is 0 Å². The van der Waals surface area contributed by atoms with Gasteiger partial charge in [-0.25, -0.2) is 4.98 Å². The standard InChI is InChI=1S/C6H6ClN3O2/c1-3(11)8-6-9-4(7)2-5(12)10-6/h2H,1H3,(H2,8,9,10,11,12). The summed E-state index contributed by atoms with van der Waals surface area (Å²) in [6.45, 7) is 1.31. The molecule has 1 amide bonds. The topological polar surface area (TPSA) is 74.8 Å².